The number of carbonyl (C=O) groups is 1. The zero-order valence-corrected chi connectivity index (χ0v) is 17.2. The van der Waals surface area contributed by atoms with E-state index in [0.29, 0.717) is 30.7 Å². The summed E-state index contributed by atoms with van der Waals surface area (Å²) < 4.78 is 9.00. The fourth-order valence-electron chi connectivity index (χ4n) is 3.70. The molecule has 0 saturated heterocycles. The van der Waals surface area contributed by atoms with Gasteiger partial charge in [-0.3, -0.25) is 9.36 Å². The van der Waals surface area contributed by atoms with Gasteiger partial charge in [-0.2, -0.15) is 0 Å². The summed E-state index contributed by atoms with van der Waals surface area (Å²) in [4.78, 5) is 36.4. The third-order valence-corrected chi connectivity index (χ3v) is 4.95. The molecule has 8 heteroatoms. The first-order chi connectivity index (χ1) is 13.7. The number of hydrogen-bond donors (Lipinski definition) is 0. The van der Waals surface area contributed by atoms with Gasteiger partial charge in [0.1, 0.15) is 11.2 Å². The van der Waals surface area contributed by atoms with Crippen LogP contribution in [0.15, 0.2) is 35.6 Å². The summed E-state index contributed by atoms with van der Waals surface area (Å²) in [6.45, 7) is 6.57. The van der Waals surface area contributed by atoms with E-state index in [-0.39, 0.29) is 12.1 Å². The third-order valence-electron chi connectivity index (χ3n) is 4.95. The second-order valence-electron chi connectivity index (χ2n) is 8.41. The zero-order chi connectivity index (χ0) is 20.8. The Labute approximate surface area is 168 Å². The van der Waals surface area contributed by atoms with Crippen LogP contribution in [0.2, 0.25) is 0 Å². The maximum atomic E-state index is 13.4. The second kappa shape index (κ2) is 7.02. The molecule has 0 saturated carbocycles. The van der Waals surface area contributed by atoms with E-state index < -0.39 is 11.7 Å². The van der Waals surface area contributed by atoms with E-state index >= 15 is 0 Å². The van der Waals surface area contributed by atoms with Crippen molar-refractivity contribution in [1.29, 1.82) is 0 Å². The molecule has 0 fully saturated rings. The average molecular weight is 395 g/mol. The maximum absolute atomic E-state index is 13.4. The van der Waals surface area contributed by atoms with E-state index in [1.165, 1.54) is 0 Å². The van der Waals surface area contributed by atoms with Crippen LogP contribution in [0.4, 0.5) is 4.79 Å². The van der Waals surface area contributed by atoms with Gasteiger partial charge >= 0.3 is 6.09 Å². The Kier molecular flexibility index (Phi) is 4.64. The van der Waals surface area contributed by atoms with Crippen LogP contribution in [0.3, 0.4) is 0 Å². The van der Waals surface area contributed by atoms with E-state index in [0.717, 1.165) is 16.6 Å². The van der Waals surface area contributed by atoms with Gasteiger partial charge in [-0.05, 0) is 44.9 Å². The molecule has 8 nitrogen and oxygen atoms in total. The molecule has 0 unspecified atom stereocenters. The molecule has 1 amide bonds. The summed E-state index contributed by atoms with van der Waals surface area (Å²) in [5.41, 5.74) is 2.30. The van der Waals surface area contributed by atoms with Crippen LogP contribution in [-0.4, -0.2) is 42.2 Å². The molecule has 0 spiro atoms. The summed E-state index contributed by atoms with van der Waals surface area (Å²) in [6.07, 6.45) is 5.48. The average Bonchev–Trinajstić information content (AvgIpc) is 3.08. The van der Waals surface area contributed by atoms with Crippen molar-refractivity contribution >= 4 is 17.1 Å². The first-order valence-electron chi connectivity index (χ1n) is 9.67. The largest absolute Gasteiger partial charge is 0.444 e. The molecule has 0 aliphatic carbocycles. The van der Waals surface area contributed by atoms with E-state index in [1.54, 1.807) is 22.0 Å². The molecule has 29 heavy (non-hydrogen) atoms. The molecule has 0 radical (unpaired) electrons. The van der Waals surface area contributed by atoms with Gasteiger partial charge in [0.25, 0.3) is 5.56 Å². The Morgan fingerprint density at radius 1 is 1.24 bits per heavy atom. The fourth-order valence-corrected chi connectivity index (χ4v) is 3.70. The van der Waals surface area contributed by atoms with Crippen molar-refractivity contribution in [1.82, 2.24) is 24.0 Å². The third kappa shape index (κ3) is 3.74. The normalized spacial score (nSPS) is 14.1. The molecule has 0 atom stereocenters. The van der Waals surface area contributed by atoms with Crippen molar-refractivity contribution in [2.24, 2.45) is 7.05 Å². The molecular formula is C21H25N5O3. The molecule has 0 bridgehead atoms. The van der Waals surface area contributed by atoms with Gasteiger partial charge in [0.2, 0.25) is 0 Å². The Bertz CT molecular complexity index is 1140. The number of aromatic nitrogens is 4. The summed E-state index contributed by atoms with van der Waals surface area (Å²) >= 11 is 0. The van der Waals surface area contributed by atoms with Gasteiger partial charge in [0, 0.05) is 36.9 Å². The summed E-state index contributed by atoms with van der Waals surface area (Å²) in [5, 5.41) is 0.946. The predicted molar refractivity (Wildman–Crippen MR) is 109 cm³/mol. The van der Waals surface area contributed by atoms with Gasteiger partial charge in [-0.15, -0.1) is 0 Å². The van der Waals surface area contributed by atoms with Crippen LogP contribution in [0.5, 0.6) is 0 Å². The van der Waals surface area contributed by atoms with Crippen LogP contribution < -0.4 is 5.56 Å². The molecule has 1 aliphatic heterocycles. The molecule has 152 valence electrons. The lowest BCUT2D eigenvalue weighted by Crippen LogP contribution is -2.43. The van der Waals surface area contributed by atoms with Crippen LogP contribution in [0.25, 0.3) is 11.0 Å². The molecule has 4 rings (SSSR count). The molecule has 4 heterocycles. The van der Waals surface area contributed by atoms with Crippen molar-refractivity contribution in [3.63, 3.8) is 0 Å². The summed E-state index contributed by atoms with van der Waals surface area (Å²) in [5.74, 6) is 0. The van der Waals surface area contributed by atoms with E-state index in [9.17, 15) is 9.59 Å². The van der Waals surface area contributed by atoms with Crippen molar-refractivity contribution in [3.8, 4) is 0 Å². The number of imidazole rings is 1. The van der Waals surface area contributed by atoms with E-state index in [1.807, 2.05) is 50.7 Å². The van der Waals surface area contributed by atoms with E-state index in [2.05, 4.69) is 9.97 Å². The van der Waals surface area contributed by atoms with Crippen molar-refractivity contribution in [3.05, 3.63) is 58.0 Å². The summed E-state index contributed by atoms with van der Waals surface area (Å²) in [6, 6.07) is 3.86. The maximum Gasteiger partial charge on any atom is 0.410 e. The minimum atomic E-state index is -0.580. The minimum Gasteiger partial charge on any atom is -0.444 e. The standard InChI is InChI=1S/C21H25N5O3/c1-21(2,3)29-20(28)25-9-7-15-16-6-5-8-22-18(16)26(19(27)17(15)12-25)11-14-10-24(4)13-23-14/h5-6,8,10,13H,7,9,11-12H2,1-4H3. The number of amides is 1. The molecule has 1 aliphatic rings. The molecule has 3 aromatic rings. The van der Waals surface area contributed by atoms with Crippen molar-refractivity contribution in [2.45, 2.75) is 45.9 Å². The number of ether oxygens (including phenoxy) is 1. The Balaban J connectivity index is 1.78. The molecule has 0 aromatic carbocycles. The number of pyridine rings is 2. The van der Waals surface area contributed by atoms with Gasteiger partial charge in [0.05, 0.1) is 25.1 Å². The minimum absolute atomic E-state index is 0.134. The fraction of sp³-hybridized carbons (Fsp3) is 0.429. The number of fused-ring (bicyclic) bond motifs is 3. The Morgan fingerprint density at radius 3 is 2.72 bits per heavy atom. The van der Waals surface area contributed by atoms with Gasteiger partial charge < -0.3 is 14.2 Å². The lowest BCUT2D eigenvalue weighted by atomic mass is 9.97. The monoisotopic (exact) mass is 395 g/mol. The predicted octanol–water partition coefficient (Wildman–Crippen LogP) is 2.47. The van der Waals surface area contributed by atoms with Crippen LogP contribution in [-0.2, 0) is 31.3 Å². The van der Waals surface area contributed by atoms with Gasteiger partial charge in [0.15, 0.2) is 0 Å². The highest BCUT2D eigenvalue weighted by molar-refractivity contribution is 5.81. The SMILES string of the molecule is Cn1cnc(Cn2c(=O)c3c(c4cccnc42)CCN(C(=O)OC(C)(C)C)C3)c1. The second-order valence-corrected chi connectivity index (χ2v) is 8.41. The Morgan fingerprint density at radius 2 is 2.03 bits per heavy atom. The molecule has 0 N–H and O–H groups in total. The topological polar surface area (TPSA) is 82.3 Å². The smallest absolute Gasteiger partial charge is 0.410 e. The van der Waals surface area contributed by atoms with Crippen LogP contribution >= 0.6 is 0 Å². The Hall–Kier alpha value is -3.16. The van der Waals surface area contributed by atoms with Crippen molar-refractivity contribution in [2.75, 3.05) is 6.54 Å². The van der Waals surface area contributed by atoms with Crippen LogP contribution in [0.1, 0.15) is 37.6 Å². The number of nitrogens with zero attached hydrogens (tertiary/aromatic N) is 5. The number of carbonyl (C=O) groups excluding carboxylic acids is 1. The highest BCUT2D eigenvalue weighted by atomic mass is 16.6. The number of aryl methyl sites for hydroxylation is 1. The molecular weight excluding hydrogens is 370 g/mol. The lowest BCUT2D eigenvalue weighted by Gasteiger charge is -2.31. The number of hydrogen-bond acceptors (Lipinski definition) is 5. The first-order valence-corrected chi connectivity index (χ1v) is 9.67. The highest BCUT2D eigenvalue weighted by Crippen LogP contribution is 2.25. The van der Waals surface area contributed by atoms with Gasteiger partial charge in [-0.1, -0.05) is 0 Å². The van der Waals surface area contributed by atoms with E-state index in [4.69, 9.17) is 4.74 Å². The first kappa shape index (κ1) is 19.2. The van der Waals surface area contributed by atoms with Crippen molar-refractivity contribution < 1.29 is 9.53 Å². The zero-order valence-electron chi connectivity index (χ0n) is 17.2. The number of rotatable bonds is 2. The quantitative estimate of drug-likeness (QED) is 0.666. The highest BCUT2D eigenvalue weighted by Gasteiger charge is 2.29. The summed E-state index contributed by atoms with van der Waals surface area (Å²) in [7, 11) is 1.89. The lowest BCUT2D eigenvalue weighted by molar-refractivity contribution is 0.0223. The molecule has 3 aromatic heterocycles. The van der Waals surface area contributed by atoms with Gasteiger partial charge in [-0.25, -0.2) is 14.8 Å². The van der Waals surface area contributed by atoms with Crippen LogP contribution in [0, 0.1) is 0 Å².